The topological polar surface area (TPSA) is 29.5 Å². The Bertz CT molecular complexity index is 394. The second kappa shape index (κ2) is 5.41. The van der Waals surface area contributed by atoms with Crippen molar-refractivity contribution in [1.29, 1.82) is 0 Å². The predicted octanol–water partition coefficient (Wildman–Crippen LogP) is 2.85. The van der Waals surface area contributed by atoms with E-state index in [0.717, 1.165) is 0 Å². The lowest BCUT2D eigenvalue weighted by Gasteiger charge is -2.18. The summed E-state index contributed by atoms with van der Waals surface area (Å²) in [6.45, 7) is 1.67. The summed E-state index contributed by atoms with van der Waals surface area (Å²) in [5.74, 6) is 0.333. The second-order valence-corrected chi connectivity index (χ2v) is 4.41. The maximum absolute atomic E-state index is 11.6. The molecule has 1 rings (SSSR count). The SMILES string of the molecule is CC(Oc1ccc(Cl)cc1Cl)C(=O)N(C)C. The maximum Gasteiger partial charge on any atom is 0.262 e. The van der Waals surface area contributed by atoms with Crippen LogP contribution in [0, 0.1) is 0 Å². The molecule has 0 aliphatic carbocycles. The quantitative estimate of drug-likeness (QED) is 0.838. The molecule has 0 spiro atoms. The van der Waals surface area contributed by atoms with Crippen LogP contribution in [0.5, 0.6) is 5.75 Å². The van der Waals surface area contributed by atoms with Crippen molar-refractivity contribution in [1.82, 2.24) is 4.90 Å². The first kappa shape index (κ1) is 13.1. The molecule has 0 fully saturated rings. The van der Waals surface area contributed by atoms with Crippen LogP contribution in [-0.2, 0) is 4.79 Å². The van der Waals surface area contributed by atoms with Crippen LogP contribution in [0.4, 0.5) is 0 Å². The van der Waals surface area contributed by atoms with E-state index in [-0.39, 0.29) is 5.91 Å². The fourth-order valence-corrected chi connectivity index (χ4v) is 1.63. The van der Waals surface area contributed by atoms with E-state index in [2.05, 4.69) is 0 Å². The van der Waals surface area contributed by atoms with Gasteiger partial charge in [-0.1, -0.05) is 23.2 Å². The van der Waals surface area contributed by atoms with Gasteiger partial charge in [-0.3, -0.25) is 4.79 Å². The van der Waals surface area contributed by atoms with Crippen LogP contribution in [0.3, 0.4) is 0 Å². The van der Waals surface area contributed by atoms with Gasteiger partial charge in [-0.2, -0.15) is 0 Å². The van der Waals surface area contributed by atoms with Crippen LogP contribution in [-0.4, -0.2) is 31.0 Å². The molecule has 16 heavy (non-hydrogen) atoms. The number of likely N-dealkylation sites (N-methyl/N-ethyl adjacent to an activating group) is 1. The van der Waals surface area contributed by atoms with Gasteiger partial charge in [-0.15, -0.1) is 0 Å². The van der Waals surface area contributed by atoms with Crippen molar-refractivity contribution in [3.8, 4) is 5.75 Å². The van der Waals surface area contributed by atoms with Gasteiger partial charge in [0.1, 0.15) is 5.75 Å². The minimum Gasteiger partial charge on any atom is -0.479 e. The normalized spacial score (nSPS) is 12.1. The molecule has 0 heterocycles. The molecule has 1 unspecified atom stereocenters. The number of carbonyl (C=O) groups excluding carboxylic acids is 1. The lowest BCUT2D eigenvalue weighted by molar-refractivity contribution is -0.135. The summed E-state index contributed by atoms with van der Waals surface area (Å²) in [5.41, 5.74) is 0. The Morgan fingerprint density at radius 1 is 1.38 bits per heavy atom. The van der Waals surface area contributed by atoms with Crippen molar-refractivity contribution < 1.29 is 9.53 Å². The summed E-state index contributed by atoms with van der Waals surface area (Å²) in [6.07, 6.45) is -0.575. The largest absolute Gasteiger partial charge is 0.479 e. The van der Waals surface area contributed by atoms with Gasteiger partial charge in [-0.25, -0.2) is 0 Å². The molecule has 0 bridgehead atoms. The molecule has 1 atom stereocenters. The van der Waals surface area contributed by atoms with E-state index in [4.69, 9.17) is 27.9 Å². The predicted molar refractivity (Wildman–Crippen MR) is 65.2 cm³/mol. The van der Waals surface area contributed by atoms with Gasteiger partial charge in [0.15, 0.2) is 6.10 Å². The van der Waals surface area contributed by atoms with Gasteiger partial charge in [0.2, 0.25) is 0 Å². The highest BCUT2D eigenvalue weighted by Crippen LogP contribution is 2.28. The van der Waals surface area contributed by atoms with E-state index in [1.54, 1.807) is 39.2 Å². The molecule has 0 aliphatic heterocycles. The smallest absolute Gasteiger partial charge is 0.262 e. The van der Waals surface area contributed by atoms with Crippen LogP contribution in [0.2, 0.25) is 10.0 Å². The first-order chi connectivity index (χ1) is 7.41. The Labute approximate surface area is 105 Å². The number of carbonyl (C=O) groups is 1. The van der Waals surface area contributed by atoms with Gasteiger partial charge in [0, 0.05) is 19.1 Å². The molecular weight excluding hydrogens is 249 g/mol. The number of hydrogen-bond acceptors (Lipinski definition) is 2. The third kappa shape index (κ3) is 3.29. The van der Waals surface area contributed by atoms with Crippen LogP contribution >= 0.6 is 23.2 Å². The van der Waals surface area contributed by atoms with Crippen LogP contribution < -0.4 is 4.74 Å². The van der Waals surface area contributed by atoms with Gasteiger partial charge in [0.25, 0.3) is 5.91 Å². The highest BCUT2D eigenvalue weighted by atomic mass is 35.5. The van der Waals surface area contributed by atoms with Crippen molar-refractivity contribution in [2.75, 3.05) is 14.1 Å². The zero-order valence-electron chi connectivity index (χ0n) is 9.33. The summed E-state index contributed by atoms with van der Waals surface area (Å²) in [4.78, 5) is 13.0. The monoisotopic (exact) mass is 261 g/mol. The molecule has 0 N–H and O–H groups in total. The van der Waals surface area contributed by atoms with E-state index in [9.17, 15) is 4.79 Å². The van der Waals surface area contributed by atoms with E-state index in [1.165, 1.54) is 4.90 Å². The Kier molecular flexibility index (Phi) is 4.44. The van der Waals surface area contributed by atoms with Crippen molar-refractivity contribution in [3.05, 3.63) is 28.2 Å². The van der Waals surface area contributed by atoms with Crippen molar-refractivity contribution in [3.63, 3.8) is 0 Å². The molecule has 0 saturated heterocycles. The summed E-state index contributed by atoms with van der Waals surface area (Å²) >= 11 is 11.7. The van der Waals surface area contributed by atoms with Crippen molar-refractivity contribution in [2.45, 2.75) is 13.0 Å². The number of ether oxygens (including phenoxy) is 1. The number of hydrogen-bond donors (Lipinski definition) is 0. The van der Waals surface area contributed by atoms with Gasteiger partial charge < -0.3 is 9.64 Å². The molecule has 0 aromatic heterocycles. The summed E-state index contributed by atoms with van der Waals surface area (Å²) < 4.78 is 5.44. The Morgan fingerprint density at radius 3 is 2.50 bits per heavy atom. The van der Waals surface area contributed by atoms with E-state index in [1.807, 2.05) is 0 Å². The minimum absolute atomic E-state index is 0.119. The first-order valence-corrected chi connectivity index (χ1v) is 5.50. The summed E-state index contributed by atoms with van der Waals surface area (Å²) in [7, 11) is 3.34. The molecule has 5 heteroatoms. The third-order valence-corrected chi connectivity index (χ3v) is 2.52. The van der Waals surface area contributed by atoms with Crippen LogP contribution in [0.15, 0.2) is 18.2 Å². The van der Waals surface area contributed by atoms with Gasteiger partial charge >= 0.3 is 0 Å². The molecule has 1 aromatic carbocycles. The minimum atomic E-state index is -0.575. The Morgan fingerprint density at radius 2 is 2.00 bits per heavy atom. The number of nitrogens with zero attached hydrogens (tertiary/aromatic N) is 1. The number of rotatable bonds is 3. The highest BCUT2D eigenvalue weighted by molar-refractivity contribution is 6.35. The highest BCUT2D eigenvalue weighted by Gasteiger charge is 2.17. The Balaban J connectivity index is 2.77. The van der Waals surface area contributed by atoms with Crippen LogP contribution in [0.25, 0.3) is 0 Å². The average Bonchev–Trinajstić information content (AvgIpc) is 2.20. The molecule has 1 aromatic rings. The second-order valence-electron chi connectivity index (χ2n) is 3.57. The van der Waals surface area contributed by atoms with Crippen molar-refractivity contribution >= 4 is 29.1 Å². The molecular formula is C11H13Cl2NO2. The molecule has 3 nitrogen and oxygen atoms in total. The van der Waals surface area contributed by atoms with Crippen LogP contribution in [0.1, 0.15) is 6.92 Å². The summed E-state index contributed by atoms with van der Waals surface area (Å²) in [5, 5.41) is 0.926. The zero-order valence-corrected chi connectivity index (χ0v) is 10.8. The molecule has 1 amide bonds. The third-order valence-electron chi connectivity index (χ3n) is 1.99. The van der Waals surface area contributed by atoms with Gasteiger partial charge in [0.05, 0.1) is 5.02 Å². The maximum atomic E-state index is 11.6. The van der Waals surface area contributed by atoms with E-state index in [0.29, 0.717) is 15.8 Å². The molecule has 0 saturated carbocycles. The van der Waals surface area contributed by atoms with Crippen molar-refractivity contribution in [2.24, 2.45) is 0 Å². The zero-order chi connectivity index (χ0) is 12.3. The molecule has 0 radical (unpaired) electrons. The van der Waals surface area contributed by atoms with E-state index < -0.39 is 6.10 Å². The fraction of sp³-hybridized carbons (Fsp3) is 0.364. The standard InChI is InChI=1S/C11H13Cl2NO2/c1-7(11(15)14(2)3)16-10-5-4-8(12)6-9(10)13/h4-7H,1-3H3. The molecule has 0 aliphatic rings. The fourth-order valence-electron chi connectivity index (χ4n) is 1.18. The number of benzene rings is 1. The molecule has 88 valence electrons. The lowest BCUT2D eigenvalue weighted by atomic mass is 10.3. The average molecular weight is 262 g/mol. The lowest BCUT2D eigenvalue weighted by Crippen LogP contribution is -2.35. The van der Waals surface area contributed by atoms with E-state index >= 15 is 0 Å². The number of amides is 1. The number of halogens is 2. The first-order valence-electron chi connectivity index (χ1n) is 4.74. The summed E-state index contributed by atoms with van der Waals surface area (Å²) in [6, 6.07) is 4.88. The Hall–Kier alpha value is -0.930. The van der Waals surface area contributed by atoms with Gasteiger partial charge in [-0.05, 0) is 25.1 Å².